The van der Waals surface area contributed by atoms with E-state index in [0.717, 1.165) is 30.7 Å². The Morgan fingerprint density at radius 2 is 1.35 bits per heavy atom. The average molecular weight is 522 g/mol. The number of unbranched alkanes of at least 4 members (excludes halogenated alkanes) is 2. The molecule has 1 aromatic carbocycles. The first kappa shape index (κ1) is 33.4. The van der Waals surface area contributed by atoms with Crippen LogP contribution in [-0.2, 0) is 19.2 Å². The van der Waals surface area contributed by atoms with Crippen LogP contribution in [0.15, 0.2) is 30.3 Å². The molecule has 8 nitrogen and oxygen atoms in total. The third-order valence-corrected chi connectivity index (χ3v) is 4.23. The molecule has 0 saturated carbocycles. The maximum Gasteiger partial charge on any atom is 0.490 e. The topological polar surface area (TPSA) is 147 Å². The van der Waals surface area contributed by atoms with E-state index in [-0.39, 0.29) is 11.0 Å². The first-order valence-corrected chi connectivity index (χ1v) is 10.3. The van der Waals surface area contributed by atoms with Gasteiger partial charge in [0, 0.05) is 18.4 Å². The number of benzene rings is 1. The van der Waals surface area contributed by atoms with Crippen molar-refractivity contribution in [1.29, 1.82) is 0 Å². The normalized spacial score (nSPS) is 11.6. The molecule has 0 fully saturated rings. The smallest absolute Gasteiger partial charge is 0.475 e. The van der Waals surface area contributed by atoms with E-state index < -0.39 is 30.3 Å². The molecule has 15 heteroatoms. The zero-order chi connectivity index (χ0) is 26.9. The number of carbonyl (C=O) groups is 4. The van der Waals surface area contributed by atoms with Gasteiger partial charge in [0.1, 0.15) is 0 Å². The predicted octanol–water partition coefficient (Wildman–Crippen LogP) is 4.06. The number of hydrogen-bond acceptors (Lipinski definition) is 6. The van der Waals surface area contributed by atoms with Crippen LogP contribution >= 0.6 is 11.8 Å². The fourth-order valence-electron chi connectivity index (χ4n) is 1.75. The Morgan fingerprint density at radius 1 is 0.912 bits per heavy atom. The fourth-order valence-corrected chi connectivity index (χ4v) is 2.38. The molecule has 0 aromatic heterocycles. The minimum absolute atomic E-state index is 0.144. The number of anilines is 1. The summed E-state index contributed by atoms with van der Waals surface area (Å²) < 4.78 is 63.5. The number of carbonyl (C=O) groups excluding carboxylic acids is 2. The van der Waals surface area contributed by atoms with Gasteiger partial charge in [-0.1, -0.05) is 42.8 Å². The number of para-hydroxylation sites is 1. The molecule has 0 aliphatic carbocycles. The summed E-state index contributed by atoms with van der Waals surface area (Å²) in [4.78, 5) is 40.4. The lowest BCUT2D eigenvalue weighted by molar-refractivity contribution is -0.193. The van der Waals surface area contributed by atoms with Gasteiger partial charge in [-0.05, 0) is 25.0 Å². The van der Waals surface area contributed by atoms with Gasteiger partial charge in [0.05, 0.1) is 6.04 Å². The average Bonchev–Trinajstić information content (AvgIpc) is 2.70. The second kappa shape index (κ2) is 16.7. The predicted molar refractivity (Wildman–Crippen MR) is 112 cm³/mol. The first-order valence-electron chi connectivity index (χ1n) is 9.33. The number of nitrogens with one attached hydrogen (secondary N) is 1. The van der Waals surface area contributed by atoms with Gasteiger partial charge in [-0.2, -0.15) is 26.3 Å². The fraction of sp³-hybridized carbons (Fsp3) is 0.474. The second-order valence-corrected chi connectivity index (χ2v) is 7.53. The lowest BCUT2D eigenvalue weighted by atomic mass is 10.1. The van der Waals surface area contributed by atoms with Crippen LogP contribution in [0.5, 0.6) is 0 Å². The summed E-state index contributed by atoms with van der Waals surface area (Å²) in [6.45, 7) is 1.58. The number of aliphatic carboxylic acids is 2. The molecular weight excluding hydrogens is 498 g/mol. The Morgan fingerprint density at radius 3 is 1.74 bits per heavy atom. The van der Waals surface area contributed by atoms with Crippen molar-refractivity contribution >= 4 is 40.4 Å². The summed E-state index contributed by atoms with van der Waals surface area (Å²) in [6.07, 6.45) is -6.62. The molecule has 5 N–H and O–H groups in total. The molecule has 1 aromatic rings. The summed E-state index contributed by atoms with van der Waals surface area (Å²) in [5.74, 6) is -4.81. The maximum absolute atomic E-state index is 11.8. The minimum atomic E-state index is -5.08. The zero-order valence-corrected chi connectivity index (χ0v) is 18.6. The number of carboxylic acid groups (broad SMARTS) is 2. The molecule has 1 atom stereocenters. The summed E-state index contributed by atoms with van der Waals surface area (Å²) in [5, 5.41) is 17.2. The van der Waals surface area contributed by atoms with Gasteiger partial charge in [0.25, 0.3) is 0 Å². The van der Waals surface area contributed by atoms with Crippen LogP contribution in [0.4, 0.5) is 32.0 Å². The van der Waals surface area contributed by atoms with Crippen molar-refractivity contribution < 1.29 is 55.7 Å². The van der Waals surface area contributed by atoms with Crippen molar-refractivity contribution in [3.63, 3.8) is 0 Å². The number of amides is 1. The van der Waals surface area contributed by atoms with Crippen molar-refractivity contribution in [2.45, 2.75) is 51.0 Å². The largest absolute Gasteiger partial charge is 0.490 e. The highest BCUT2D eigenvalue weighted by molar-refractivity contribution is 8.13. The number of rotatable bonds is 8. The van der Waals surface area contributed by atoms with E-state index in [1.165, 1.54) is 11.8 Å². The van der Waals surface area contributed by atoms with Crippen LogP contribution in [0.2, 0.25) is 0 Å². The minimum Gasteiger partial charge on any atom is -0.475 e. The molecule has 34 heavy (non-hydrogen) atoms. The van der Waals surface area contributed by atoms with E-state index in [1.807, 2.05) is 30.3 Å². The summed E-state index contributed by atoms with van der Waals surface area (Å²) in [6, 6.07) is 8.83. The molecule has 0 aliphatic rings. The molecule has 1 rings (SSSR count). The standard InChI is InChI=1S/C15H22N2O2S.2C2HF3O2/c1-12(18)20-11-7-3-6-10-14(16)15(19)17-13-8-4-2-5-9-13;2*3-2(4,5)1(6)7/h2,4-5,8-9,14H,3,6-7,10-11,16H2,1H3,(H,17,19);2*(H,6,7)/t14-;;/m0../s1. The maximum atomic E-state index is 11.8. The van der Waals surface area contributed by atoms with Crippen LogP contribution < -0.4 is 11.1 Å². The van der Waals surface area contributed by atoms with E-state index in [0.29, 0.717) is 6.42 Å². The third-order valence-electron chi connectivity index (χ3n) is 3.33. The van der Waals surface area contributed by atoms with Crippen LogP contribution in [0, 0.1) is 0 Å². The van der Waals surface area contributed by atoms with Crippen molar-refractivity contribution in [3.8, 4) is 0 Å². The van der Waals surface area contributed by atoms with Gasteiger partial charge >= 0.3 is 24.3 Å². The summed E-state index contributed by atoms with van der Waals surface area (Å²) in [5.41, 5.74) is 6.63. The van der Waals surface area contributed by atoms with E-state index >= 15 is 0 Å². The van der Waals surface area contributed by atoms with Crippen LogP contribution in [-0.4, -0.2) is 57.3 Å². The number of hydrogen-bond donors (Lipinski definition) is 4. The van der Waals surface area contributed by atoms with Gasteiger partial charge in [0.2, 0.25) is 5.91 Å². The van der Waals surface area contributed by atoms with Gasteiger partial charge in [0.15, 0.2) is 5.12 Å². The Balaban J connectivity index is 0. The van der Waals surface area contributed by atoms with Crippen molar-refractivity contribution in [1.82, 2.24) is 0 Å². The monoisotopic (exact) mass is 522 g/mol. The Bertz CT molecular complexity index is 751. The molecule has 194 valence electrons. The molecule has 0 unspecified atom stereocenters. The number of thioether (sulfide) groups is 1. The summed E-state index contributed by atoms with van der Waals surface area (Å²) >= 11 is 1.35. The number of alkyl halides is 6. The van der Waals surface area contributed by atoms with Gasteiger partial charge in [-0.15, -0.1) is 0 Å². The molecule has 1 amide bonds. The Kier molecular flexibility index (Phi) is 16.4. The van der Waals surface area contributed by atoms with Crippen molar-refractivity contribution in [2.75, 3.05) is 11.1 Å². The molecular formula is C19H24F6N2O6S. The van der Waals surface area contributed by atoms with E-state index in [2.05, 4.69) is 5.32 Å². The number of carboxylic acids is 2. The Labute approximate surface area is 194 Å². The lowest BCUT2D eigenvalue weighted by Gasteiger charge is -2.12. The van der Waals surface area contributed by atoms with E-state index in [4.69, 9.17) is 25.5 Å². The summed E-state index contributed by atoms with van der Waals surface area (Å²) in [7, 11) is 0. The second-order valence-electron chi connectivity index (χ2n) is 6.26. The van der Waals surface area contributed by atoms with Crippen molar-refractivity contribution in [3.05, 3.63) is 30.3 Å². The van der Waals surface area contributed by atoms with Gasteiger partial charge < -0.3 is 21.3 Å². The molecule has 0 heterocycles. The van der Waals surface area contributed by atoms with Crippen LogP contribution in [0.25, 0.3) is 0 Å². The van der Waals surface area contributed by atoms with Gasteiger partial charge in [-0.25, -0.2) is 9.59 Å². The molecule has 0 aliphatic heterocycles. The van der Waals surface area contributed by atoms with Crippen LogP contribution in [0.1, 0.15) is 32.6 Å². The lowest BCUT2D eigenvalue weighted by Crippen LogP contribution is -2.35. The number of nitrogens with two attached hydrogens (primary N) is 1. The zero-order valence-electron chi connectivity index (χ0n) is 17.8. The highest BCUT2D eigenvalue weighted by Gasteiger charge is 2.38. The molecule has 0 bridgehead atoms. The van der Waals surface area contributed by atoms with Crippen LogP contribution in [0.3, 0.4) is 0 Å². The van der Waals surface area contributed by atoms with E-state index in [1.54, 1.807) is 6.92 Å². The first-order chi connectivity index (χ1) is 15.5. The Hall–Kier alpha value is -2.81. The molecule has 0 radical (unpaired) electrons. The SMILES string of the molecule is CC(=O)SCCCCC[C@H](N)C(=O)Nc1ccccc1.O=C(O)C(F)(F)F.O=C(O)C(F)(F)F. The quantitative estimate of drug-likeness (QED) is 0.295. The molecule has 0 saturated heterocycles. The van der Waals surface area contributed by atoms with Crippen molar-refractivity contribution in [2.24, 2.45) is 5.73 Å². The highest BCUT2D eigenvalue weighted by atomic mass is 32.2. The number of halogens is 6. The van der Waals surface area contributed by atoms with Gasteiger partial charge in [-0.3, -0.25) is 9.59 Å². The highest BCUT2D eigenvalue weighted by Crippen LogP contribution is 2.14. The van der Waals surface area contributed by atoms with E-state index in [9.17, 15) is 35.9 Å². The molecule has 0 spiro atoms. The third kappa shape index (κ3) is 19.8.